The number of carbonyl (C=O) groups is 2. The Kier molecular flexibility index (Phi) is 10.9. The predicted molar refractivity (Wildman–Crippen MR) is 85.3 cm³/mol. The minimum absolute atomic E-state index is 0.0807. The number of halogens is 8. The van der Waals surface area contributed by atoms with Crippen molar-refractivity contribution in [1.29, 1.82) is 0 Å². The standard InChI is InChI=1S/C17H24F8O4/c1-3-5-6-11(4-2)9-28-12(26)7-8-13(27)29-10-15(20,21)17(24,25)16(22,23)14(18)19/h11,14H,3-10H2,1-2H3. The molecule has 0 fully saturated rings. The number of carbonyl (C=O) groups excluding carboxylic acids is 2. The number of rotatable bonds is 14. The van der Waals surface area contributed by atoms with Gasteiger partial charge in [0.25, 0.3) is 0 Å². The van der Waals surface area contributed by atoms with Crippen LogP contribution in [0, 0.1) is 5.92 Å². The Balaban J connectivity index is 4.49. The van der Waals surface area contributed by atoms with Gasteiger partial charge < -0.3 is 9.47 Å². The summed E-state index contributed by atoms with van der Waals surface area (Å²) in [7, 11) is 0. The zero-order valence-corrected chi connectivity index (χ0v) is 16.0. The van der Waals surface area contributed by atoms with Crippen LogP contribution in [0.4, 0.5) is 35.1 Å². The highest BCUT2D eigenvalue weighted by Gasteiger charge is 2.75. The molecule has 0 spiro atoms. The second kappa shape index (κ2) is 11.5. The average Bonchev–Trinajstić information content (AvgIpc) is 2.64. The fourth-order valence-electron chi connectivity index (χ4n) is 2.10. The van der Waals surface area contributed by atoms with Crippen molar-refractivity contribution in [3.8, 4) is 0 Å². The summed E-state index contributed by atoms with van der Waals surface area (Å²) in [6.07, 6.45) is -3.08. The summed E-state index contributed by atoms with van der Waals surface area (Å²) >= 11 is 0. The van der Waals surface area contributed by atoms with Crippen LogP contribution >= 0.6 is 0 Å². The van der Waals surface area contributed by atoms with Crippen LogP contribution in [0.5, 0.6) is 0 Å². The number of hydrogen-bond acceptors (Lipinski definition) is 4. The van der Waals surface area contributed by atoms with Crippen LogP contribution in [0.25, 0.3) is 0 Å². The van der Waals surface area contributed by atoms with E-state index in [1.54, 1.807) is 0 Å². The molecule has 172 valence electrons. The molecular weight excluding hydrogens is 420 g/mol. The summed E-state index contributed by atoms with van der Waals surface area (Å²) < 4.78 is 110. The van der Waals surface area contributed by atoms with Gasteiger partial charge in [-0.05, 0) is 12.3 Å². The lowest BCUT2D eigenvalue weighted by atomic mass is 10.0. The first kappa shape index (κ1) is 27.4. The summed E-state index contributed by atoms with van der Waals surface area (Å²) in [5.41, 5.74) is 0. The normalized spacial score (nSPS) is 14.0. The van der Waals surface area contributed by atoms with Crippen molar-refractivity contribution in [2.75, 3.05) is 13.2 Å². The third-order valence-corrected chi connectivity index (χ3v) is 4.12. The van der Waals surface area contributed by atoms with E-state index < -0.39 is 55.6 Å². The van der Waals surface area contributed by atoms with Gasteiger partial charge in [0.05, 0.1) is 19.4 Å². The summed E-state index contributed by atoms with van der Waals surface area (Å²) in [5.74, 6) is -20.9. The van der Waals surface area contributed by atoms with Crippen LogP contribution in [0.3, 0.4) is 0 Å². The molecule has 0 rings (SSSR count). The summed E-state index contributed by atoms with van der Waals surface area (Å²) in [6, 6.07) is 0. The Bertz CT molecular complexity index is 526. The predicted octanol–water partition coefficient (Wildman–Crippen LogP) is 5.24. The highest BCUT2D eigenvalue weighted by Crippen LogP contribution is 2.48. The zero-order chi connectivity index (χ0) is 22.9. The van der Waals surface area contributed by atoms with E-state index in [0.717, 1.165) is 25.7 Å². The SMILES string of the molecule is CCCCC(CC)COC(=O)CCC(=O)OCC(F)(F)C(F)(F)C(F)(F)C(F)F. The maximum absolute atomic E-state index is 13.2. The van der Waals surface area contributed by atoms with E-state index in [0.29, 0.717) is 0 Å². The smallest absolute Gasteiger partial charge is 0.381 e. The quantitative estimate of drug-likeness (QED) is 0.272. The Morgan fingerprint density at radius 3 is 1.86 bits per heavy atom. The number of hydrogen-bond donors (Lipinski definition) is 0. The Morgan fingerprint density at radius 2 is 1.41 bits per heavy atom. The van der Waals surface area contributed by atoms with E-state index in [-0.39, 0.29) is 12.5 Å². The van der Waals surface area contributed by atoms with Crippen molar-refractivity contribution in [2.24, 2.45) is 5.92 Å². The highest BCUT2D eigenvalue weighted by molar-refractivity contribution is 5.77. The Labute approximate surface area is 162 Å². The molecule has 0 aromatic heterocycles. The van der Waals surface area contributed by atoms with E-state index in [1.807, 2.05) is 13.8 Å². The largest absolute Gasteiger partial charge is 0.465 e. The first-order valence-electron chi connectivity index (χ1n) is 8.95. The van der Waals surface area contributed by atoms with Gasteiger partial charge in [0.1, 0.15) is 0 Å². The van der Waals surface area contributed by atoms with Gasteiger partial charge in [0, 0.05) is 0 Å². The van der Waals surface area contributed by atoms with Gasteiger partial charge in [-0.1, -0.05) is 33.1 Å². The number of ether oxygens (including phenoxy) is 2. The van der Waals surface area contributed by atoms with Gasteiger partial charge in [-0.2, -0.15) is 26.3 Å². The van der Waals surface area contributed by atoms with Crippen molar-refractivity contribution in [3.05, 3.63) is 0 Å². The third kappa shape index (κ3) is 7.96. The van der Waals surface area contributed by atoms with Crippen LogP contribution in [0.2, 0.25) is 0 Å². The lowest BCUT2D eigenvalue weighted by molar-refractivity contribution is -0.344. The van der Waals surface area contributed by atoms with Crippen molar-refractivity contribution >= 4 is 11.9 Å². The van der Waals surface area contributed by atoms with Gasteiger partial charge in [0.15, 0.2) is 6.61 Å². The zero-order valence-electron chi connectivity index (χ0n) is 16.0. The molecule has 0 bridgehead atoms. The van der Waals surface area contributed by atoms with E-state index in [2.05, 4.69) is 4.74 Å². The van der Waals surface area contributed by atoms with Gasteiger partial charge >= 0.3 is 36.1 Å². The molecule has 0 aliphatic carbocycles. The van der Waals surface area contributed by atoms with Crippen molar-refractivity contribution in [2.45, 2.75) is 76.6 Å². The first-order valence-corrected chi connectivity index (χ1v) is 8.95. The molecular formula is C17H24F8O4. The van der Waals surface area contributed by atoms with Crippen molar-refractivity contribution in [3.63, 3.8) is 0 Å². The first-order chi connectivity index (χ1) is 13.2. The molecule has 1 unspecified atom stereocenters. The fourth-order valence-corrected chi connectivity index (χ4v) is 2.10. The fraction of sp³-hybridized carbons (Fsp3) is 0.882. The average molecular weight is 444 g/mol. The number of esters is 2. The Morgan fingerprint density at radius 1 is 0.897 bits per heavy atom. The molecule has 0 saturated heterocycles. The van der Waals surface area contributed by atoms with E-state index in [9.17, 15) is 44.7 Å². The van der Waals surface area contributed by atoms with Crippen molar-refractivity contribution in [1.82, 2.24) is 0 Å². The molecule has 0 radical (unpaired) electrons. The third-order valence-electron chi connectivity index (χ3n) is 4.12. The summed E-state index contributed by atoms with van der Waals surface area (Å²) in [5, 5.41) is 0. The molecule has 0 amide bonds. The minimum atomic E-state index is -6.46. The van der Waals surface area contributed by atoms with Gasteiger partial charge in [0.2, 0.25) is 0 Å². The minimum Gasteiger partial charge on any atom is -0.465 e. The molecule has 12 heteroatoms. The topological polar surface area (TPSA) is 52.6 Å². The molecule has 0 aliphatic rings. The van der Waals surface area contributed by atoms with Crippen LogP contribution in [-0.2, 0) is 19.1 Å². The van der Waals surface area contributed by atoms with Crippen LogP contribution < -0.4 is 0 Å². The Hall–Kier alpha value is -1.62. The van der Waals surface area contributed by atoms with Crippen molar-refractivity contribution < 1.29 is 54.2 Å². The molecule has 0 saturated carbocycles. The maximum atomic E-state index is 13.2. The van der Waals surface area contributed by atoms with Crippen LogP contribution in [0.15, 0.2) is 0 Å². The lowest BCUT2D eigenvalue weighted by Crippen LogP contribution is -2.59. The summed E-state index contributed by atoms with van der Waals surface area (Å²) in [4.78, 5) is 22.8. The van der Waals surface area contributed by atoms with E-state index in [1.165, 1.54) is 0 Å². The molecule has 0 aromatic rings. The highest BCUT2D eigenvalue weighted by atomic mass is 19.4. The van der Waals surface area contributed by atoms with Gasteiger partial charge in [-0.3, -0.25) is 9.59 Å². The molecule has 0 N–H and O–H groups in total. The monoisotopic (exact) mass is 444 g/mol. The second-order valence-electron chi connectivity index (χ2n) is 6.46. The summed E-state index contributed by atoms with van der Waals surface area (Å²) in [6.45, 7) is 1.40. The molecule has 0 heterocycles. The van der Waals surface area contributed by atoms with Crippen LogP contribution in [-0.4, -0.2) is 49.3 Å². The van der Waals surface area contributed by atoms with Crippen LogP contribution in [0.1, 0.15) is 52.4 Å². The maximum Gasteiger partial charge on any atom is 0.381 e. The molecule has 0 aromatic carbocycles. The number of unbranched alkanes of at least 4 members (excludes halogenated alkanes) is 1. The number of alkyl halides is 8. The second-order valence-corrected chi connectivity index (χ2v) is 6.46. The van der Waals surface area contributed by atoms with E-state index in [4.69, 9.17) is 4.74 Å². The molecule has 1 atom stereocenters. The lowest BCUT2D eigenvalue weighted by Gasteiger charge is -2.31. The van der Waals surface area contributed by atoms with Gasteiger partial charge in [-0.25, -0.2) is 8.78 Å². The van der Waals surface area contributed by atoms with Gasteiger partial charge in [-0.15, -0.1) is 0 Å². The molecule has 29 heavy (non-hydrogen) atoms. The van der Waals surface area contributed by atoms with E-state index >= 15 is 0 Å². The molecule has 4 nitrogen and oxygen atoms in total. The molecule has 0 aliphatic heterocycles.